The zero-order chi connectivity index (χ0) is 21.6. The van der Waals surface area contributed by atoms with Crippen molar-refractivity contribution in [3.63, 3.8) is 0 Å². The lowest BCUT2D eigenvalue weighted by molar-refractivity contribution is -0.145. The lowest BCUT2D eigenvalue weighted by atomic mass is 10.2. The number of hydrogen-bond acceptors (Lipinski definition) is 2. The van der Waals surface area contributed by atoms with E-state index in [0.717, 1.165) is 15.9 Å². The summed E-state index contributed by atoms with van der Waals surface area (Å²) >= 11 is 0. The summed E-state index contributed by atoms with van der Waals surface area (Å²) in [7, 11) is 0. The molecule has 3 aromatic rings. The van der Waals surface area contributed by atoms with E-state index >= 15 is 0 Å². The SMILES string of the molecule is [C-]#[N+]CC(C(=O)OC(C)(C)C)=P(c1ccccc1)(c1ccccc1)c1ccccc1. The minimum atomic E-state index is -2.59. The molecule has 0 fully saturated rings. The van der Waals surface area contributed by atoms with Crippen LogP contribution in [-0.2, 0) is 9.53 Å². The fourth-order valence-electron chi connectivity index (χ4n) is 3.59. The predicted molar refractivity (Wildman–Crippen MR) is 127 cm³/mol. The van der Waals surface area contributed by atoms with Crippen LogP contribution in [-0.4, -0.2) is 23.4 Å². The van der Waals surface area contributed by atoms with Crippen LogP contribution < -0.4 is 15.9 Å². The van der Waals surface area contributed by atoms with E-state index < -0.39 is 18.5 Å². The van der Waals surface area contributed by atoms with Crippen molar-refractivity contribution in [2.24, 2.45) is 0 Å². The van der Waals surface area contributed by atoms with Crippen LogP contribution in [0.4, 0.5) is 0 Å². The van der Waals surface area contributed by atoms with Crippen LogP contribution in [0.2, 0.25) is 0 Å². The van der Waals surface area contributed by atoms with Crippen LogP contribution in [0.25, 0.3) is 4.85 Å². The quantitative estimate of drug-likeness (QED) is 0.351. The normalized spacial score (nSPS) is 11.4. The van der Waals surface area contributed by atoms with Gasteiger partial charge < -0.3 is 9.58 Å². The molecule has 30 heavy (non-hydrogen) atoms. The van der Waals surface area contributed by atoms with E-state index in [-0.39, 0.29) is 6.54 Å². The third-order valence-corrected chi connectivity index (χ3v) is 9.05. The van der Waals surface area contributed by atoms with Crippen LogP contribution in [0.3, 0.4) is 0 Å². The Balaban J connectivity index is 2.54. The van der Waals surface area contributed by atoms with Gasteiger partial charge in [-0.25, -0.2) is 11.4 Å². The first-order chi connectivity index (χ1) is 14.4. The summed E-state index contributed by atoms with van der Waals surface area (Å²) in [6.07, 6.45) is 0. The Morgan fingerprint density at radius 2 is 1.17 bits per heavy atom. The van der Waals surface area contributed by atoms with Crippen LogP contribution >= 0.6 is 6.89 Å². The van der Waals surface area contributed by atoms with Gasteiger partial charge in [-0.05, 0) is 43.6 Å². The smallest absolute Gasteiger partial charge is 0.343 e. The van der Waals surface area contributed by atoms with Crippen molar-refractivity contribution < 1.29 is 9.53 Å². The van der Waals surface area contributed by atoms with Crippen LogP contribution in [0.5, 0.6) is 0 Å². The average Bonchev–Trinajstić information content (AvgIpc) is 2.75. The Hall–Kier alpha value is -3.08. The zero-order valence-corrected chi connectivity index (χ0v) is 18.5. The second kappa shape index (κ2) is 9.16. The van der Waals surface area contributed by atoms with Crippen LogP contribution in [0.15, 0.2) is 91.0 Å². The Labute approximate surface area is 179 Å². The summed E-state index contributed by atoms with van der Waals surface area (Å²) in [5, 5.41) is 3.63. The van der Waals surface area contributed by atoms with Gasteiger partial charge in [0.25, 0.3) is 0 Å². The Morgan fingerprint density at radius 3 is 1.47 bits per heavy atom. The molecule has 0 heterocycles. The molecular weight excluding hydrogens is 389 g/mol. The van der Waals surface area contributed by atoms with Crippen molar-refractivity contribution in [3.8, 4) is 0 Å². The van der Waals surface area contributed by atoms with Gasteiger partial charge in [0.05, 0.1) is 0 Å². The summed E-state index contributed by atoms with van der Waals surface area (Å²) in [4.78, 5) is 17.2. The fourth-order valence-corrected chi connectivity index (χ4v) is 7.88. The molecule has 0 saturated carbocycles. The van der Waals surface area contributed by atoms with E-state index in [0.29, 0.717) is 5.29 Å². The van der Waals surface area contributed by atoms with Gasteiger partial charge in [-0.1, -0.05) is 91.0 Å². The highest BCUT2D eigenvalue weighted by atomic mass is 31.2. The molecule has 0 N–H and O–H groups in total. The van der Waals surface area contributed by atoms with E-state index in [1.165, 1.54) is 0 Å². The van der Waals surface area contributed by atoms with E-state index in [1.54, 1.807) is 0 Å². The monoisotopic (exact) mass is 415 g/mol. The molecule has 0 atom stereocenters. The number of benzene rings is 3. The van der Waals surface area contributed by atoms with Gasteiger partial charge in [0.15, 0.2) is 0 Å². The molecule has 3 rings (SSSR count). The van der Waals surface area contributed by atoms with Crippen molar-refractivity contribution in [3.05, 3.63) is 102 Å². The molecule has 3 nitrogen and oxygen atoms in total. The van der Waals surface area contributed by atoms with Gasteiger partial charge in [0, 0.05) is 0 Å². The molecule has 152 valence electrons. The maximum atomic E-state index is 13.5. The predicted octanol–water partition coefficient (Wildman–Crippen LogP) is 4.41. The number of ether oxygens (including phenoxy) is 1. The summed E-state index contributed by atoms with van der Waals surface area (Å²) in [6, 6.07) is 30.2. The van der Waals surface area contributed by atoms with Crippen molar-refractivity contribution in [1.29, 1.82) is 0 Å². The lowest BCUT2D eigenvalue weighted by Crippen LogP contribution is -2.38. The molecule has 0 aliphatic rings. The first-order valence-corrected chi connectivity index (χ1v) is 11.7. The number of esters is 1. The number of nitrogens with zero attached hydrogens (tertiary/aromatic N) is 1. The molecule has 0 aliphatic carbocycles. The van der Waals surface area contributed by atoms with Gasteiger partial charge in [-0.2, -0.15) is 0 Å². The van der Waals surface area contributed by atoms with Gasteiger partial charge >= 0.3 is 5.97 Å². The van der Waals surface area contributed by atoms with Gasteiger partial charge in [0.2, 0.25) is 6.54 Å². The summed E-state index contributed by atoms with van der Waals surface area (Å²) < 4.78 is 5.83. The first-order valence-electron chi connectivity index (χ1n) is 9.88. The maximum absolute atomic E-state index is 13.5. The van der Waals surface area contributed by atoms with E-state index in [2.05, 4.69) is 41.2 Å². The Morgan fingerprint density at radius 1 is 0.800 bits per heavy atom. The molecule has 0 aliphatic heterocycles. The van der Waals surface area contributed by atoms with Gasteiger partial charge in [-0.15, -0.1) is 0 Å². The highest BCUT2D eigenvalue weighted by Crippen LogP contribution is 2.46. The number of carbonyl (C=O) groups excluding carboxylic acids is 1. The van der Waals surface area contributed by atoms with Crippen LogP contribution in [0, 0.1) is 6.57 Å². The molecule has 0 saturated heterocycles. The van der Waals surface area contributed by atoms with Gasteiger partial charge in [0.1, 0.15) is 10.9 Å². The molecule has 0 bridgehead atoms. The summed E-state index contributed by atoms with van der Waals surface area (Å²) in [6.45, 7) is 10.6. The summed E-state index contributed by atoms with van der Waals surface area (Å²) in [5.74, 6) is -0.400. The Bertz CT molecular complexity index is 989. The maximum Gasteiger partial charge on any atom is 0.343 e. The minimum Gasteiger partial charge on any atom is -0.456 e. The van der Waals surface area contributed by atoms with Crippen LogP contribution in [0.1, 0.15) is 20.8 Å². The zero-order valence-electron chi connectivity index (χ0n) is 17.6. The molecular formula is C26H26NO2P. The molecule has 0 spiro atoms. The summed E-state index contributed by atoms with van der Waals surface area (Å²) in [5.41, 5.74) is -0.649. The third kappa shape index (κ3) is 4.40. The van der Waals surface area contributed by atoms with E-state index in [9.17, 15) is 4.79 Å². The van der Waals surface area contributed by atoms with Crippen molar-refractivity contribution >= 4 is 34.1 Å². The number of carbonyl (C=O) groups is 1. The molecule has 0 radical (unpaired) electrons. The standard InChI is InChI=1S/C26H26NO2P/c1-26(2,3)29-25(28)24(20-27-4)30(21-14-8-5-9-15-21,22-16-10-6-11-17-22)23-18-12-7-13-19-23/h5-19H,20H2,1-3H3. The van der Waals surface area contributed by atoms with Crippen molar-refractivity contribution in [2.45, 2.75) is 26.4 Å². The number of hydrogen-bond donors (Lipinski definition) is 0. The molecule has 3 aromatic carbocycles. The minimum absolute atomic E-state index is 0.0125. The molecule has 4 heteroatoms. The molecule has 0 aromatic heterocycles. The molecule has 0 unspecified atom stereocenters. The highest BCUT2D eigenvalue weighted by molar-refractivity contribution is 7.96. The lowest BCUT2D eigenvalue weighted by Gasteiger charge is -2.31. The topological polar surface area (TPSA) is 30.7 Å². The second-order valence-electron chi connectivity index (χ2n) is 7.94. The first kappa shape index (κ1) is 21.6. The highest BCUT2D eigenvalue weighted by Gasteiger charge is 2.36. The van der Waals surface area contributed by atoms with Crippen molar-refractivity contribution in [2.75, 3.05) is 6.54 Å². The third-order valence-electron chi connectivity index (χ3n) is 4.70. The largest absolute Gasteiger partial charge is 0.456 e. The second-order valence-corrected chi connectivity index (χ2v) is 11.4. The van der Waals surface area contributed by atoms with E-state index in [1.807, 2.05) is 75.4 Å². The number of rotatable bonds is 5. The van der Waals surface area contributed by atoms with Gasteiger partial charge in [-0.3, -0.25) is 0 Å². The average molecular weight is 415 g/mol. The van der Waals surface area contributed by atoms with E-state index in [4.69, 9.17) is 11.3 Å². The molecule has 0 amide bonds. The Kier molecular flexibility index (Phi) is 6.60. The fraction of sp³-hybridized carbons (Fsp3) is 0.192. The van der Waals surface area contributed by atoms with Crippen molar-refractivity contribution in [1.82, 2.24) is 0 Å².